The monoisotopic (exact) mass is 332 g/mol. The van der Waals surface area contributed by atoms with Crippen LogP contribution in [0.15, 0.2) is 34.8 Å². The Kier molecular flexibility index (Phi) is 3.71. The molecule has 0 aliphatic carbocycles. The highest BCUT2D eigenvalue weighted by molar-refractivity contribution is 9.10. The molecule has 1 heterocycles. The quantitative estimate of drug-likeness (QED) is 0.889. The third-order valence-electron chi connectivity index (χ3n) is 1.90. The molecule has 0 saturated carbocycles. The summed E-state index contributed by atoms with van der Waals surface area (Å²) in [5.41, 5.74) is 0. The fourth-order valence-corrected chi connectivity index (χ4v) is 2.63. The van der Waals surface area contributed by atoms with Crippen LogP contribution in [0.2, 0.25) is 5.02 Å². The van der Waals surface area contributed by atoms with Crippen molar-refractivity contribution in [2.75, 3.05) is 0 Å². The SMILES string of the molecule is O=C(O)c1ccc(Oc2ccc(Cl)cc2Br)s1. The average molecular weight is 334 g/mol. The first-order chi connectivity index (χ1) is 8.06. The predicted molar refractivity (Wildman–Crippen MR) is 70.5 cm³/mol. The van der Waals surface area contributed by atoms with E-state index in [1.54, 1.807) is 24.3 Å². The molecule has 6 heteroatoms. The fraction of sp³-hybridized carbons (Fsp3) is 0. The van der Waals surface area contributed by atoms with Gasteiger partial charge in [0.15, 0.2) is 5.06 Å². The molecule has 2 rings (SSSR count). The summed E-state index contributed by atoms with van der Waals surface area (Å²) in [5, 5.41) is 9.90. The maximum absolute atomic E-state index is 10.7. The summed E-state index contributed by atoms with van der Waals surface area (Å²) in [7, 11) is 0. The van der Waals surface area contributed by atoms with Crippen LogP contribution in [0.5, 0.6) is 10.8 Å². The van der Waals surface area contributed by atoms with Crippen molar-refractivity contribution in [2.24, 2.45) is 0 Å². The van der Waals surface area contributed by atoms with Crippen LogP contribution in [-0.4, -0.2) is 11.1 Å². The molecule has 1 N–H and O–H groups in total. The highest BCUT2D eigenvalue weighted by Gasteiger charge is 2.09. The minimum atomic E-state index is -0.958. The van der Waals surface area contributed by atoms with Crippen LogP contribution in [0.3, 0.4) is 0 Å². The second-order valence-corrected chi connectivity index (χ2v) is 5.44. The molecular weight excluding hydrogens is 328 g/mol. The van der Waals surface area contributed by atoms with Crippen LogP contribution in [0.1, 0.15) is 9.67 Å². The van der Waals surface area contributed by atoms with Gasteiger partial charge >= 0.3 is 5.97 Å². The van der Waals surface area contributed by atoms with Crippen molar-refractivity contribution in [2.45, 2.75) is 0 Å². The molecular formula is C11H6BrClO3S. The molecule has 2 aromatic rings. The molecule has 0 saturated heterocycles. The minimum absolute atomic E-state index is 0.241. The van der Waals surface area contributed by atoms with Crippen molar-refractivity contribution in [3.8, 4) is 10.8 Å². The van der Waals surface area contributed by atoms with Gasteiger partial charge in [0.1, 0.15) is 10.6 Å². The second kappa shape index (κ2) is 5.08. The first kappa shape index (κ1) is 12.4. The summed E-state index contributed by atoms with van der Waals surface area (Å²) in [6.07, 6.45) is 0. The number of benzene rings is 1. The van der Waals surface area contributed by atoms with Crippen LogP contribution in [0.4, 0.5) is 0 Å². The Morgan fingerprint density at radius 2 is 2.12 bits per heavy atom. The van der Waals surface area contributed by atoms with Crippen LogP contribution in [0, 0.1) is 0 Å². The number of carboxylic acids is 1. The van der Waals surface area contributed by atoms with Crippen molar-refractivity contribution in [3.63, 3.8) is 0 Å². The van der Waals surface area contributed by atoms with E-state index in [9.17, 15) is 4.79 Å². The fourth-order valence-electron chi connectivity index (χ4n) is 1.16. The third-order valence-corrected chi connectivity index (χ3v) is 3.70. The number of carboxylic acid groups (broad SMARTS) is 1. The van der Waals surface area contributed by atoms with Crippen molar-refractivity contribution >= 4 is 44.8 Å². The highest BCUT2D eigenvalue weighted by Crippen LogP contribution is 2.35. The van der Waals surface area contributed by atoms with E-state index in [4.69, 9.17) is 21.4 Å². The molecule has 88 valence electrons. The van der Waals surface area contributed by atoms with Crippen molar-refractivity contribution in [1.29, 1.82) is 0 Å². The molecule has 17 heavy (non-hydrogen) atoms. The summed E-state index contributed by atoms with van der Waals surface area (Å²) >= 11 is 10.2. The standard InChI is InChI=1S/C11H6BrClO3S/c12-7-5-6(13)1-2-8(7)16-10-4-3-9(17-10)11(14)15/h1-5H,(H,14,15). The zero-order valence-electron chi connectivity index (χ0n) is 8.31. The van der Waals surface area contributed by atoms with Gasteiger partial charge in [-0.25, -0.2) is 4.79 Å². The van der Waals surface area contributed by atoms with Crippen LogP contribution < -0.4 is 4.74 Å². The van der Waals surface area contributed by atoms with Gasteiger partial charge in [-0.05, 0) is 46.3 Å². The van der Waals surface area contributed by atoms with E-state index in [0.717, 1.165) is 15.8 Å². The Balaban J connectivity index is 2.22. The topological polar surface area (TPSA) is 46.5 Å². The van der Waals surface area contributed by atoms with E-state index >= 15 is 0 Å². The largest absolute Gasteiger partial charge is 0.477 e. The Hall–Kier alpha value is -1.04. The van der Waals surface area contributed by atoms with Gasteiger partial charge < -0.3 is 9.84 Å². The smallest absolute Gasteiger partial charge is 0.345 e. The Bertz CT molecular complexity index is 568. The molecule has 0 radical (unpaired) electrons. The molecule has 1 aromatic heterocycles. The lowest BCUT2D eigenvalue weighted by molar-refractivity contribution is 0.0702. The maximum Gasteiger partial charge on any atom is 0.345 e. The molecule has 0 amide bonds. The Morgan fingerprint density at radius 3 is 2.71 bits per heavy atom. The van der Waals surface area contributed by atoms with Gasteiger partial charge in [0.2, 0.25) is 0 Å². The summed E-state index contributed by atoms with van der Waals surface area (Å²) in [6.45, 7) is 0. The lowest BCUT2D eigenvalue weighted by atomic mass is 10.3. The Morgan fingerprint density at radius 1 is 1.35 bits per heavy atom. The van der Waals surface area contributed by atoms with Crippen LogP contribution in [-0.2, 0) is 0 Å². The molecule has 1 aromatic carbocycles. The zero-order chi connectivity index (χ0) is 12.4. The number of hydrogen-bond donors (Lipinski definition) is 1. The van der Waals surface area contributed by atoms with Gasteiger partial charge in [-0.2, -0.15) is 0 Å². The minimum Gasteiger partial charge on any atom is -0.477 e. The van der Waals surface area contributed by atoms with Gasteiger partial charge in [0.05, 0.1) is 4.47 Å². The number of aromatic carboxylic acids is 1. The van der Waals surface area contributed by atoms with Crippen LogP contribution in [0.25, 0.3) is 0 Å². The summed E-state index contributed by atoms with van der Waals surface area (Å²) < 4.78 is 6.26. The first-order valence-corrected chi connectivity index (χ1v) is 6.51. The molecule has 0 atom stereocenters. The number of halogens is 2. The van der Waals surface area contributed by atoms with E-state index in [-0.39, 0.29) is 4.88 Å². The normalized spacial score (nSPS) is 10.2. The zero-order valence-corrected chi connectivity index (χ0v) is 11.5. The molecule has 0 fully saturated rings. The number of hydrogen-bond acceptors (Lipinski definition) is 3. The van der Waals surface area contributed by atoms with Gasteiger partial charge in [0, 0.05) is 5.02 Å². The van der Waals surface area contributed by atoms with E-state index < -0.39 is 5.97 Å². The predicted octanol–water partition coefficient (Wildman–Crippen LogP) is 4.65. The maximum atomic E-state index is 10.7. The van der Waals surface area contributed by atoms with E-state index in [2.05, 4.69) is 15.9 Å². The van der Waals surface area contributed by atoms with Gasteiger partial charge in [-0.3, -0.25) is 0 Å². The number of carbonyl (C=O) groups is 1. The molecule has 0 spiro atoms. The highest BCUT2D eigenvalue weighted by atomic mass is 79.9. The second-order valence-electron chi connectivity index (χ2n) is 3.10. The van der Waals surface area contributed by atoms with Crippen molar-refractivity contribution in [1.82, 2.24) is 0 Å². The van der Waals surface area contributed by atoms with Gasteiger partial charge in [0.25, 0.3) is 0 Å². The molecule has 0 aliphatic rings. The lowest BCUT2D eigenvalue weighted by Gasteiger charge is -2.05. The number of ether oxygens (including phenoxy) is 1. The molecule has 0 unspecified atom stereocenters. The third kappa shape index (κ3) is 3.00. The molecule has 0 bridgehead atoms. The van der Waals surface area contributed by atoms with Gasteiger partial charge in [-0.1, -0.05) is 22.9 Å². The summed E-state index contributed by atoms with van der Waals surface area (Å²) in [5.74, 6) is -0.367. The molecule has 0 aliphatic heterocycles. The van der Waals surface area contributed by atoms with Crippen molar-refractivity contribution in [3.05, 3.63) is 44.7 Å². The number of thiophene rings is 1. The van der Waals surface area contributed by atoms with Crippen molar-refractivity contribution < 1.29 is 14.6 Å². The van der Waals surface area contributed by atoms with E-state index in [1.807, 2.05) is 0 Å². The van der Waals surface area contributed by atoms with Crippen LogP contribution >= 0.6 is 38.9 Å². The molecule has 3 nitrogen and oxygen atoms in total. The summed E-state index contributed by atoms with van der Waals surface area (Å²) in [4.78, 5) is 10.9. The van der Waals surface area contributed by atoms with Gasteiger partial charge in [-0.15, -0.1) is 0 Å². The van der Waals surface area contributed by atoms with E-state index in [1.165, 1.54) is 6.07 Å². The summed E-state index contributed by atoms with van der Waals surface area (Å²) in [6, 6.07) is 8.25. The average Bonchev–Trinajstić information content (AvgIpc) is 2.71. The Labute approximate surface area is 115 Å². The first-order valence-electron chi connectivity index (χ1n) is 4.52. The number of rotatable bonds is 3. The lowest BCUT2D eigenvalue weighted by Crippen LogP contribution is -1.89. The van der Waals surface area contributed by atoms with E-state index in [0.29, 0.717) is 15.8 Å².